The molecule has 0 spiro atoms. The lowest BCUT2D eigenvalue weighted by Gasteiger charge is -2.30. The summed E-state index contributed by atoms with van der Waals surface area (Å²) >= 11 is 0. The van der Waals surface area contributed by atoms with Crippen molar-refractivity contribution in [3.05, 3.63) is 60.5 Å². The van der Waals surface area contributed by atoms with E-state index in [1.807, 2.05) is 31.2 Å². The minimum Gasteiger partial charge on any atom is -0.342 e. The first kappa shape index (κ1) is 22.2. The molecule has 168 valence electrons. The largest absolute Gasteiger partial charge is 0.342 e. The summed E-state index contributed by atoms with van der Waals surface area (Å²) in [7, 11) is 0. The molecule has 2 amide bonds. The zero-order chi connectivity index (χ0) is 23.2. The molecule has 33 heavy (non-hydrogen) atoms. The highest BCUT2D eigenvalue weighted by atomic mass is 16.5. The number of carbonyl (C=O) groups is 2. The number of anilines is 2. The topological polar surface area (TPSA) is 112 Å². The molecule has 0 aliphatic heterocycles. The van der Waals surface area contributed by atoms with Gasteiger partial charge in [0, 0.05) is 28.8 Å². The second-order valence-corrected chi connectivity index (χ2v) is 8.32. The van der Waals surface area contributed by atoms with Crippen molar-refractivity contribution in [2.75, 3.05) is 16.8 Å². The van der Waals surface area contributed by atoms with E-state index < -0.39 is 0 Å². The minimum atomic E-state index is -0.290. The Hall–Kier alpha value is -3.99. The Morgan fingerprint density at radius 2 is 1.79 bits per heavy atom. The Labute approximate surface area is 192 Å². The van der Waals surface area contributed by atoms with Crippen LogP contribution in [0.25, 0.3) is 11.4 Å². The summed E-state index contributed by atoms with van der Waals surface area (Å²) in [5, 5.41) is 15.8. The third-order valence-corrected chi connectivity index (χ3v) is 5.96. The highest BCUT2D eigenvalue weighted by Gasteiger charge is 2.31. The summed E-state index contributed by atoms with van der Waals surface area (Å²) < 4.78 is 4.76. The molecule has 8 heteroatoms. The van der Waals surface area contributed by atoms with Gasteiger partial charge in [0.2, 0.25) is 24.0 Å². The summed E-state index contributed by atoms with van der Waals surface area (Å²) in [6.45, 7) is 1.89. The molecule has 1 fully saturated rings. The standard InChI is InChI=1S/C25H25N5O3/c1-17-2-12-22(13-3-17)30(25(32)20-6-4-18(14-26)5-7-20)15-23(31)28-21-10-8-19(9-11-21)24-27-16-33-29-24/h2-3,8-13,16,18,20H,4-7,15H2,1H3,(H,28,31)/t18-,20-. The average molecular weight is 444 g/mol. The van der Waals surface area contributed by atoms with Crippen molar-refractivity contribution < 1.29 is 14.1 Å². The van der Waals surface area contributed by atoms with Gasteiger partial charge < -0.3 is 14.7 Å². The van der Waals surface area contributed by atoms with E-state index >= 15 is 0 Å². The van der Waals surface area contributed by atoms with Crippen LogP contribution in [0.4, 0.5) is 11.4 Å². The Bertz CT molecular complexity index is 1130. The zero-order valence-corrected chi connectivity index (χ0v) is 18.4. The molecule has 8 nitrogen and oxygen atoms in total. The van der Waals surface area contributed by atoms with Gasteiger partial charge in [-0.2, -0.15) is 10.2 Å². The van der Waals surface area contributed by atoms with Gasteiger partial charge in [-0.3, -0.25) is 9.59 Å². The van der Waals surface area contributed by atoms with Crippen LogP contribution in [0.1, 0.15) is 31.2 Å². The molecule has 1 N–H and O–H groups in total. The number of rotatable bonds is 6. The molecule has 0 bridgehead atoms. The molecule has 3 aromatic rings. The number of nitrogens with zero attached hydrogens (tertiary/aromatic N) is 4. The van der Waals surface area contributed by atoms with E-state index in [1.165, 1.54) is 6.39 Å². The van der Waals surface area contributed by atoms with Crippen LogP contribution in [0, 0.1) is 30.1 Å². The van der Waals surface area contributed by atoms with Crippen LogP contribution in [-0.2, 0) is 9.59 Å². The lowest BCUT2D eigenvalue weighted by atomic mass is 9.82. The molecular weight excluding hydrogens is 418 g/mol. The van der Waals surface area contributed by atoms with Gasteiger partial charge in [-0.25, -0.2) is 0 Å². The fourth-order valence-corrected chi connectivity index (χ4v) is 4.06. The molecule has 0 radical (unpaired) electrons. The summed E-state index contributed by atoms with van der Waals surface area (Å²) in [6.07, 6.45) is 4.02. The number of hydrogen-bond acceptors (Lipinski definition) is 6. The smallest absolute Gasteiger partial charge is 0.244 e. The molecule has 1 aliphatic carbocycles. The van der Waals surface area contributed by atoms with Crippen molar-refractivity contribution >= 4 is 23.2 Å². The maximum Gasteiger partial charge on any atom is 0.244 e. The van der Waals surface area contributed by atoms with E-state index in [0.29, 0.717) is 42.9 Å². The van der Waals surface area contributed by atoms with Gasteiger partial charge in [-0.1, -0.05) is 22.9 Å². The number of carbonyl (C=O) groups excluding carboxylic acids is 2. The minimum absolute atomic E-state index is 0.0144. The van der Waals surface area contributed by atoms with Crippen molar-refractivity contribution in [1.29, 1.82) is 5.26 Å². The Morgan fingerprint density at radius 3 is 2.39 bits per heavy atom. The molecule has 0 atom stereocenters. The third kappa shape index (κ3) is 5.44. The van der Waals surface area contributed by atoms with Gasteiger partial charge in [-0.05, 0) is 69.0 Å². The summed E-state index contributed by atoms with van der Waals surface area (Å²) in [4.78, 5) is 31.8. The number of hydrogen-bond donors (Lipinski definition) is 1. The number of aromatic nitrogens is 2. The lowest BCUT2D eigenvalue weighted by molar-refractivity contribution is -0.125. The van der Waals surface area contributed by atoms with Crippen LogP contribution in [0.3, 0.4) is 0 Å². The molecule has 1 aliphatic rings. The van der Waals surface area contributed by atoms with Crippen molar-refractivity contribution in [3.63, 3.8) is 0 Å². The average Bonchev–Trinajstić information content (AvgIpc) is 3.38. The molecule has 2 aromatic carbocycles. The van der Waals surface area contributed by atoms with Crippen LogP contribution in [0.2, 0.25) is 0 Å². The van der Waals surface area contributed by atoms with Crippen molar-refractivity contribution in [2.24, 2.45) is 11.8 Å². The van der Waals surface area contributed by atoms with E-state index in [0.717, 1.165) is 11.1 Å². The van der Waals surface area contributed by atoms with E-state index in [2.05, 4.69) is 21.5 Å². The van der Waals surface area contributed by atoms with Gasteiger partial charge in [-0.15, -0.1) is 0 Å². The second-order valence-electron chi connectivity index (χ2n) is 8.32. The van der Waals surface area contributed by atoms with Crippen LogP contribution in [0.5, 0.6) is 0 Å². The van der Waals surface area contributed by atoms with Crippen LogP contribution in [-0.4, -0.2) is 28.5 Å². The third-order valence-electron chi connectivity index (χ3n) is 5.96. The predicted octanol–water partition coefficient (Wildman–Crippen LogP) is 4.35. The maximum absolute atomic E-state index is 13.4. The molecular formula is C25H25N5O3. The second kappa shape index (κ2) is 10.1. The number of aryl methyl sites for hydroxylation is 1. The van der Waals surface area contributed by atoms with Crippen LogP contribution in [0.15, 0.2) is 59.4 Å². The first-order chi connectivity index (χ1) is 16.0. The van der Waals surface area contributed by atoms with Crippen LogP contribution >= 0.6 is 0 Å². The van der Waals surface area contributed by atoms with Gasteiger partial charge in [0.15, 0.2) is 0 Å². The fraction of sp³-hybridized carbons (Fsp3) is 0.320. The Kier molecular flexibility index (Phi) is 6.79. The molecule has 0 saturated heterocycles. The molecule has 0 unspecified atom stereocenters. The summed E-state index contributed by atoms with van der Waals surface area (Å²) in [5.41, 5.74) is 3.15. The van der Waals surface area contributed by atoms with Gasteiger partial charge in [0.25, 0.3) is 0 Å². The van der Waals surface area contributed by atoms with Crippen molar-refractivity contribution in [2.45, 2.75) is 32.6 Å². The number of nitrogens with one attached hydrogen (secondary N) is 1. The highest BCUT2D eigenvalue weighted by Crippen LogP contribution is 2.31. The highest BCUT2D eigenvalue weighted by molar-refractivity contribution is 6.03. The number of nitriles is 1. The molecule has 1 aromatic heterocycles. The van der Waals surface area contributed by atoms with Gasteiger partial charge in [0.05, 0.1) is 6.07 Å². The van der Waals surface area contributed by atoms with Gasteiger partial charge >= 0.3 is 0 Å². The van der Waals surface area contributed by atoms with Gasteiger partial charge in [0.1, 0.15) is 6.54 Å². The number of benzene rings is 2. The monoisotopic (exact) mass is 443 g/mol. The molecule has 1 heterocycles. The first-order valence-electron chi connectivity index (χ1n) is 11.0. The predicted molar refractivity (Wildman–Crippen MR) is 123 cm³/mol. The normalized spacial score (nSPS) is 17.7. The van der Waals surface area contributed by atoms with Crippen molar-refractivity contribution in [1.82, 2.24) is 10.1 Å². The Morgan fingerprint density at radius 1 is 1.09 bits per heavy atom. The van der Waals surface area contributed by atoms with E-state index in [-0.39, 0.29) is 30.2 Å². The zero-order valence-electron chi connectivity index (χ0n) is 18.4. The van der Waals surface area contributed by atoms with Crippen LogP contribution < -0.4 is 10.2 Å². The summed E-state index contributed by atoms with van der Waals surface area (Å²) in [6, 6.07) is 17.0. The summed E-state index contributed by atoms with van der Waals surface area (Å²) in [5.74, 6) is -0.0616. The van der Waals surface area contributed by atoms with E-state index in [1.54, 1.807) is 29.2 Å². The Balaban J connectivity index is 1.46. The lowest BCUT2D eigenvalue weighted by Crippen LogP contribution is -2.42. The first-order valence-corrected chi connectivity index (χ1v) is 11.0. The SMILES string of the molecule is Cc1ccc(N(CC(=O)Nc2ccc(-c3ncon3)cc2)C(=O)[C@H]2CC[C@H](C#N)CC2)cc1. The maximum atomic E-state index is 13.4. The van der Waals surface area contributed by atoms with Crippen molar-refractivity contribution in [3.8, 4) is 17.5 Å². The van der Waals surface area contributed by atoms with E-state index in [4.69, 9.17) is 9.78 Å². The molecule has 1 saturated carbocycles. The van der Waals surface area contributed by atoms with E-state index in [9.17, 15) is 9.59 Å². The fourth-order valence-electron chi connectivity index (χ4n) is 4.06. The molecule has 4 rings (SSSR count). The number of amides is 2. The quantitative estimate of drug-likeness (QED) is 0.606.